The maximum Gasteiger partial charge on any atom is 0.0870 e. The van der Waals surface area contributed by atoms with Gasteiger partial charge in [0.05, 0.1) is 17.6 Å². The lowest BCUT2D eigenvalue weighted by molar-refractivity contribution is 0.259. The van der Waals surface area contributed by atoms with Gasteiger partial charge in [-0.15, -0.1) is 18.2 Å². The molecule has 0 bridgehead atoms. The lowest BCUT2D eigenvalue weighted by Gasteiger charge is -2.11. The first kappa shape index (κ1) is 7.63. The van der Waals surface area contributed by atoms with Crippen LogP contribution < -0.4 is 0 Å². The Balaban J connectivity index is 1.82. The fourth-order valence-corrected chi connectivity index (χ4v) is 2.21. The van der Waals surface area contributed by atoms with Crippen molar-refractivity contribution in [2.75, 3.05) is 0 Å². The maximum absolute atomic E-state index is 5.96. The predicted molar refractivity (Wildman–Crippen MR) is 45.8 cm³/mol. The summed E-state index contributed by atoms with van der Waals surface area (Å²) >= 11 is 5.96. The van der Waals surface area contributed by atoms with E-state index in [4.69, 9.17) is 16.3 Å². The van der Waals surface area contributed by atoms with E-state index in [2.05, 4.69) is 6.58 Å². The van der Waals surface area contributed by atoms with Crippen molar-refractivity contribution in [1.82, 2.24) is 0 Å². The summed E-state index contributed by atoms with van der Waals surface area (Å²) in [7, 11) is 0. The molecule has 2 aliphatic rings. The largest absolute Gasteiger partial charge is 0.369 e. The number of alkyl halides is 1. The first-order valence-electron chi connectivity index (χ1n) is 4.23. The van der Waals surface area contributed by atoms with Crippen LogP contribution in [0.15, 0.2) is 12.7 Å². The molecule has 2 fully saturated rings. The number of allylic oxidation sites excluding steroid dienone is 1. The van der Waals surface area contributed by atoms with Crippen LogP contribution in [0.4, 0.5) is 0 Å². The Morgan fingerprint density at radius 2 is 2.45 bits per heavy atom. The molecular formula is C9H13ClO. The molecule has 0 unspecified atom stereocenters. The number of hydrogen-bond acceptors (Lipinski definition) is 1. The van der Waals surface area contributed by atoms with Crippen molar-refractivity contribution >= 4 is 11.6 Å². The summed E-state index contributed by atoms with van der Waals surface area (Å²) in [5.74, 6) is 0.709. The Morgan fingerprint density at radius 1 is 1.64 bits per heavy atom. The number of hydrogen-bond donors (Lipinski definition) is 0. The summed E-state index contributed by atoms with van der Waals surface area (Å²) in [6, 6.07) is 0. The second kappa shape index (κ2) is 2.80. The van der Waals surface area contributed by atoms with Gasteiger partial charge in [0.2, 0.25) is 0 Å². The smallest absolute Gasteiger partial charge is 0.0870 e. The van der Waals surface area contributed by atoms with Crippen molar-refractivity contribution in [3.05, 3.63) is 12.7 Å². The van der Waals surface area contributed by atoms with Crippen LogP contribution in [-0.4, -0.2) is 17.6 Å². The summed E-state index contributed by atoms with van der Waals surface area (Å²) in [5, 5.41) is 0.142. The second-order valence-corrected chi connectivity index (χ2v) is 4.02. The van der Waals surface area contributed by atoms with Crippen LogP contribution in [0.25, 0.3) is 0 Å². The van der Waals surface area contributed by atoms with Gasteiger partial charge in [-0.2, -0.15) is 0 Å². The highest BCUT2D eigenvalue weighted by Gasteiger charge is 2.49. The number of fused-ring (bicyclic) bond motifs is 1. The molecule has 1 saturated carbocycles. The fraction of sp³-hybridized carbons (Fsp3) is 0.778. The number of epoxide rings is 1. The fourth-order valence-electron chi connectivity index (χ4n) is 1.98. The number of ether oxygens (including phenoxy) is 1. The minimum Gasteiger partial charge on any atom is -0.369 e. The molecule has 2 rings (SSSR count). The van der Waals surface area contributed by atoms with E-state index in [1.165, 1.54) is 12.8 Å². The predicted octanol–water partition coefficient (Wildman–Crippen LogP) is 2.35. The zero-order valence-electron chi connectivity index (χ0n) is 6.50. The summed E-state index contributed by atoms with van der Waals surface area (Å²) in [6.07, 6.45) is 6.55. The Hall–Kier alpha value is -0.0100. The average molecular weight is 173 g/mol. The topological polar surface area (TPSA) is 12.5 Å². The molecule has 0 amide bonds. The molecule has 2 heteroatoms. The quantitative estimate of drug-likeness (QED) is 0.362. The SMILES string of the molecule is C=C[C@H](Cl)C[C@@H]1CC[C@H]2O[C@H]12. The highest BCUT2D eigenvalue weighted by atomic mass is 35.5. The normalized spacial score (nSPS) is 43.2. The Morgan fingerprint density at radius 3 is 2.91 bits per heavy atom. The number of rotatable bonds is 3. The van der Waals surface area contributed by atoms with E-state index in [0.717, 1.165) is 6.42 Å². The summed E-state index contributed by atoms with van der Waals surface area (Å²) in [5.41, 5.74) is 0. The zero-order chi connectivity index (χ0) is 7.84. The van der Waals surface area contributed by atoms with E-state index >= 15 is 0 Å². The van der Waals surface area contributed by atoms with Gasteiger partial charge in [-0.3, -0.25) is 0 Å². The third-order valence-corrected chi connectivity index (χ3v) is 3.05. The van der Waals surface area contributed by atoms with Crippen molar-refractivity contribution in [1.29, 1.82) is 0 Å². The molecule has 62 valence electrons. The molecule has 4 atom stereocenters. The van der Waals surface area contributed by atoms with Gasteiger partial charge in [0.15, 0.2) is 0 Å². The molecule has 0 radical (unpaired) electrons. The molecule has 0 spiro atoms. The molecule has 0 aromatic carbocycles. The molecular weight excluding hydrogens is 160 g/mol. The Labute approximate surface area is 72.4 Å². The molecule has 0 aromatic rings. The molecule has 0 aromatic heterocycles. The molecule has 1 nitrogen and oxygen atoms in total. The highest BCUT2D eigenvalue weighted by molar-refractivity contribution is 6.21. The van der Waals surface area contributed by atoms with Crippen LogP contribution >= 0.6 is 11.6 Å². The molecule has 11 heavy (non-hydrogen) atoms. The minimum absolute atomic E-state index is 0.142. The van der Waals surface area contributed by atoms with E-state index in [-0.39, 0.29) is 5.38 Å². The standard InChI is InChI=1S/C9H13ClO/c1-2-7(10)5-6-3-4-8-9(6)11-8/h2,6-9H,1,3-5H2/t6-,7-,8+,9+/m0/s1. The van der Waals surface area contributed by atoms with Crippen LogP contribution in [0.5, 0.6) is 0 Å². The molecule has 1 saturated heterocycles. The van der Waals surface area contributed by atoms with E-state index in [9.17, 15) is 0 Å². The van der Waals surface area contributed by atoms with Gasteiger partial charge < -0.3 is 4.74 Å². The van der Waals surface area contributed by atoms with Gasteiger partial charge >= 0.3 is 0 Å². The summed E-state index contributed by atoms with van der Waals surface area (Å²) in [6.45, 7) is 3.67. The monoisotopic (exact) mass is 172 g/mol. The van der Waals surface area contributed by atoms with E-state index in [1.54, 1.807) is 0 Å². The van der Waals surface area contributed by atoms with Gasteiger partial charge in [-0.1, -0.05) is 6.08 Å². The zero-order valence-corrected chi connectivity index (χ0v) is 7.26. The Bertz CT molecular complexity index is 169. The maximum atomic E-state index is 5.96. The van der Waals surface area contributed by atoms with Crippen molar-refractivity contribution in [2.24, 2.45) is 5.92 Å². The first-order chi connectivity index (χ1) is 5.31. The second-order valence-electron chi connectivity index (χ2n) is 3.46. The average Bonchev–Trinajstić information content (AvgIpc) is 2.70. The van der Waals surface area contributed by atoms with Gasteiger partial charge in [-0.05, 0) is 25.2 Å². The molecule has 1 heterocycles. The van der Waals surface area contributed by atoms with Gasteiger partial charge in [0.25, 0.3) is 0 Å². The van der Waals surface area contributed by atoms with Crippen LogP contribution in [0.2, 0.25) is 0 Å². The van der Waals surface area contributed by atoms with Crippen molar-refractivity contribution < 1.29 is 4.74 Å². The van der Waals surface area contributed by atoms with Crippen LogP contribution in [0.3, 0.4) is 0 Å². The third-order valence-electron chi connectivity index (χ3n) is 2.69. The molecule has 0 N–H and O–H groups in total. The van der Waals surface area contributed by atoms with E-state index in [1.807, 2.05) is 6.08 Å². The first-order valence-corrected chi connectivity index (χ1v) is 4.67. The van der Waals surface area contributed by atoms with Gasteiger partial charge in [0.1, 0.15) is 0 Å². The summed E-state index contributed by atoms with van der Waals surface area (Å²) in [4.78, 5) is 0. The highest BCUT2D eigenvalue weighted by Crippen LogP contribution is 2.45. The van der Waals surface area contributed by atoms with Crippen LogP contribution in [-0.2, 0) is 4.74 Å². The van der Waals surface area contributed by atoms with Crippen molar-refractivity contribution in [3.8, 4) is 0 Å². The Kier molecular flexibility index (Phi) is 1.94. The lowest BCUT2D eigenvalue weighted by Crippen LogP contribution is -2.09. The number of halogens is 1. The van der Waals surface area contributed by atoms with Crippen molar-refractivity contribution in [2.45, 2.75) is 36.8 Å². The molecule has 1 aliphatic heterocycles. The van der Waals surface area contributed by atoms with Crippen LogP contribution in [0, 0.1) is 5.92 Å². The summed E-state index contributed by atoms with van der Waals surface area (Å²) < 4.78 is 5.42. The van der Waals surface area contributed by atoms with Gasteiger partial charge in [-0.25, -0.2) is 0 Å². The van der Waals surface area contributed by atoms with Crippen molar-refractivity contribution in [3.63, 3.8) is 0 Å². The molecule has 1 aliphatic carbocycles. The lowest BCUT2D eigenvalue weighted by atomic mass is 10.0. The van der Waals surface area contributed by atoms with E-state index < -0.39 is 0 Å². The van der Waals surface area contributed by atoms with E-state index in [0.29, 0.717) is 18.1 Å². The third kappa shape index (κ3) is 1.45. The van der Waals surface area contributed by atoms with Crippen LogP contribution in [0.1, 0.15) is 19.3 Å². The minimum atomic E-state index is 0.142. The van der Waals surface area contributed by atoms with Gasteiger partial charge in [0, 0.05) is 0 Å².